The number of unbranched alkanes of at least 4 members (excludes halogenated alkanes) is 1. The Hall–Kier alpha value is -1.98. The third-order valence-electron chi connectivity index (χ3n) is 6.37. The zero-order chi connectivity index (χ0) is 21.8. The van der Waals surface area contributed by atoms with E-state index in [4.69, 9.17) is 11.6 Å². The lowest BCUT2D eigenvalue weighted by Crippen LogP contribution is -2.53. The fourth-order valence-electron chi connectivity index (χ4n) is 4.49. The Bertz CT molecular complexity index is 922. The summed E-state index contributed by atoms with van der Waals surface area (Å²) in [6.45, 7) is 4.29. The SMILES string of the molecule is CCCCc1ccc(C(=O)N2CCC3(CC2)SCCN3C(=O)c2ccc(Cl)cc2)cc1. The van der Waals surface area contributed by atoms with Crippen LogP contribution in [0.3, 0.4) is 0 Å². The van der Waals surface area contributed by atoms with Crippen molar-refractivity contribution in [3.8, 4) is 0 Å². The molecule has 2 aliphatic rings. The lowest BCUT2D eigenvalue weighted by molar-refractivity contribution is 0.0498. The Kier molecular flexibility index (Phi) is 6.92. The Labute approximate surface area is 193 Å². The molecule has 2 aromatic rings. The molecule has 0 atom stereocenters. The molecule has 2 fully saturated rings. The highest BCUT2D eigenvalue weighted by Crippen LogP contribution is 2.44. The molecular weight excluding hydrogens is 428 g/mol. The zero-order valence-corrected chi connectivity index (χ0v) is 19.6. The number of hydrogen-bond donors (Lipinski definition) is 0. The Morgan fingerprint density at radius 3 is 2.19 bits per heavy atom. The Morgan fingerprint density at radius 2 is 1.55 bits per heavy atom. The van der Waals surface area contributed by atoms with E-state index in [0.717, 1.165) is 37.1 Å². The Morgan fingerprint density at radius 1 is 0.935 bits per heavy atom. The van der Waals surface area contributed by atoms with Gasteiger partial charge < -0.3 is 9.80 Å². The number of carbonyl (C=O) groups is 2. The molecule has 2 aliphatic heterocycles. The lowest BCUT2D eigenvalue weighted by Gasteiger charge is -2.44. The third-order valence-corrected chi connectivity index (χ3v) is 8.17. The molecule has 0 aliphatic carbocycles. The molecule has 164 valence electrons. The van der Waals surface area contributed by atoms with Gasteiger partial charge >= 0.3 is 0 Å². The highest BCUT2D eigenvalue weighted by atomic mass is 35.5. The van der Waals surface area contributed by atoms with E-state index in [-0.39, 0.29) is 16.7 Å². The van der Waals surface area contributed by atoms with E-state index in [1.165, 1.54) is 18.4 Å². The predicted octanol–water partition coefficient (Wildman–Crippen LogP) is 5.50. The number of thioether (sulfide) groups is 1. The van der Waals surface area contributed by atoms with Crippen molar-refractivity contribution in [2.75, 3.05) is 25.4 Å². The summed E-state index contributed by atoms with van der Waals surface area (Å²) >= 11 is 7.84. The first-order valence-electron chi connectivity index (χ1n) is 11.1. The van der Waals surface area contributed by atoms with Crippen LogP contribution >= 0.6 is 23.4 Å². The van der Waals surface area contributed by atoms with Gasteiger partial charge in [-0.15, -0.1) is 11.8 Å². The maximum Gasteiger partial charge on any atom is 0.254 e. The fourth-order valence-corrected chi connectivity index (χ4v) is 6.08. The van der Waals surface area contributed by atoms with Gasteiger partial charge in [-0.3, -0.25) is 9.59 Å². The molecular formula is C25H29ClN2O2S. The van der Waals surface area contributed by atoms with E-state index in [1.54, 1.807) is 24.3 Å². The van der Waals surface area contributed by atoms with Crippen molar-refractivity contribution in [1.29, 1.82) is 0 Å². The van der Waals surface area contributed by atoms with Crippen LogP contribution < -0.4 is 0 Å². The number of piperidine rings is 1. The number of carbonyl (C=O) groups excluding carboxylic acids is 2. The Balaban J connectivity index is 1.40. The van der Waals surface area contributed by atoms with Gasteiger partial charge in [0.1, 0.15) is 0 Å². The molecule has 1 spiro atoms. The van der Waals surface area contributed by atoms with Crippen molar-refractivity contribution in [2.45, 2.75) is 43.9 Å². The molecule has 2 heterocycles. The van der Waals surface area contributed by atoms with Gasteiger partial charge in [-0.25, -0.2) is 0 Å². The molecule has 2 aromatic carbocycles. The minimum absolute atomic E-state index is 0.0594. The minimum atomic E-state index is -0.211. The topological polar surface area (TPSA) is 40.6 Å². The van der Waals surface area contributed by atoms with Crippen LogP contribution in [0.25, 0.3) is 0 Å². The van der Waals surface area contributed by atoms with Crippen molar-refractivity contribution in [3.05, 3.63) is 70.2 Å². The summed E-state index contributed by atoms with van der Waals surface area (Å²) in [5.74, 6) is 1.09. The van der Waals surface area contributed by atoms with Crippen LogP contribution in [-0.2, 0) is 6.42 Å². The molecule has 6 heteroatoms. The van der Waals surface area contributed by atoms with Gasteiger partial charge in [-0.2, -0.15) is 0 Å². The zero-order valence-electron chi connectivity index (χ0n) is 18.0. The van der Waals surface area contributed by atoms with Gasteiger partial charge in [0.25, 0.3) is 11.8 Å². The second-order valence-electron chi connectivity index (χ2n) is 8.35. The quantitative estimate of drug-likeness (QED) is 0.596. The highest BCUT2D eigenvalue weighted by molar-refractivity contribution is 8.00. The highest BCUT2D eigenvalue weighted by Gasteiger charge is 2.47. The molecule has 2 saturated heterocycles. The summed E-state index contributed by atoms with van der Waals surface area (Å²) in [6.07, 6.45) is 5.01. The van der Waals surface area contributed by atoms with E-state index in [1.807, 2.05) is 33.7 Å². The van der Waals surface area contributed by atoms with Gasteiger partial charge in [0.15, 0.2) is 0 Å². The summed E-state index contributed by atoms with van der Waals surface area (Å²) in [6, 6.07) is 15.2. The summed E-state index contributed by atoms with van der Waals surface area (Å²) < 4.78 is 0. The molecule has 31 heavy (non-hydrogen) atoms. The van der Waals surface area contributed by atoms with Gasteiger partial charge in [-0.1, -0.05) is 37.1 Å². The average Bonchev–Trinajstić information content (AvgIpc) is 3.21. The van der Waals surface area contributed by atoms with Crippen LogP contribution in [0.4, 0.5) is 0 Å². The maximum atomic E-state index is 13.2. The van der Waals surface area contributed by atoms with Crippen LogP contribution in [0, 0.1) is 0 Å². The molecule has 0 bridgehead atoms. The molecule has 0 saturated carbocycles. The van der Waals surface area contributed by atoms with Crippen LogP contribution in [0.15, 0.2) is 48.5 Å². The first kappa shape index (κ1) is 22.2. The van der Waals surface area contributed by atoms with Gasteiger partial charge in [0.2, 0.25) is 0 Å². The average molecular weight is 457 g/mol. The third kappa shape index (κ3) is 4.78. The number of nitrogens with zero attached hydrogens (tertiary/aromatic N) is 2. The maximum absolute atomic E-state index is 13.2. The standard InChI is InChI=1S/C25H29ClN2O2S/c1-2-3-4-19-5-7-20(8-6-19)23(29)27-15-13-25(14-16-27)28(17-18-31-25)24(30)21-9-11-22(26)12-10-21/h5-12H,2-4,13-18H2,1H3. The number of likely N-dealkylation sites (tertiary alicyclic amines) is 1. The van der Waals surface area contributed by atoms with Gasteiger partial charge in [0.05, 0.1) is 4.87 Å². The number of rotatable bonds is 5. The number of amides is 2. The van der Waals surface area contributed by atoms with Crippen molar-refractivity contribution in [2.24, 2.45) is 0 Å². The predicted molar refractivity (Wildman–Crippen MR) is 128 cm³/mol. The van der Waals surface area contributed by atoms with Gasteiger partial charge in [-0.05, 0) is 67.6 Å². The van der Waals surface area contributed by atoms with Crippen molar-refractivity contribution >= 4 is 35.2 Å². The molecule has 0 aromatic heterocycles. The van der Waals surface area contributed by atoms with Crippen LogP contribution in [0.1, 0.15) is 58.9 Å². The largest absolute Gasteiger partial charge is 0.338 e. The number of hydrogen-bond acceptors (Lipinski definition) is 3. The van der Waals surface area contributed by atoms with Crippen molar-refractivity contribution < 1.29 is 9.59 Å². The van der Waals surface area contributed by atoms with E-state index < -0.39 is 0 Å². The first-order chi connectivity index (χ1) is 15.0. The van der Waals surface area contributed by atoms with E-state index >= 15 is 0 Å². The summed E-state index contributed by atoms with van der Waals surface area (Å²) in [5.41, 5.74) is 2.71. The smallest absolute Gasteiger partial charge is 0.254 e. The molecule has 0 radical (unpaired) electrons. The first-order valence-corrected chi connectivity index (χ1v) is 12.5. The summed E-state index contributed by atoms with van der Waals surface area (Å²) in [5, 5.41) is 0.632. The summed E-state index contributed by atoms with van der Waals surface area (Å²) in [4.78, 5) is 29.9. The molecule has 0 N–H and O–H groups in total. The number of benzene rings is 2. The summed E-state index contributed by atoms with van der Waals surface area (Å²) in [7, 11) is 0. The van der Waals surface area contributed by atoms with Crippen molar-refractivity contribution in [3.63, 3.8) is 0 Å². The second-order valence-corrected chi connectivity index (χ2v) is 10.2. The number of aryl methyl sites for hydroxylation is 1. The lowest BCUT2D eigenvalue weighted by atomic mass is 9.99. The van der Waals surface area contributed by atoms with E-state index in [2.05, 4.69) is 19.1 Å². The van der Waals surface area contributed by atoms with E-state index in [9.17, 15) is 9.59 Å². The fraction of sp³-hybridized carbons (Fsp3) is 0.440. The van der Waals surface area contributed by atoms with Crippen LogP contribution in [-0.4, -0.2) is 51.9 Å². The van der Waals surface area contributed by atoms with E-state index in [0.29, 0.717) is 23.7 Å². The van der Waals surface area contributed by atoms with Crippen LogP contribution in [0.2, 0.25) is 5.02 Å². The molecule has 4 rings (SSSR count). The minimum Gasteiger partial charge on any atom is -0.338 e. The molecule has 0 unspecified atom stereocenters. The monoisotopic (exact) mass is 456 g/mol. The van der Waals surface area contributed by atoms with Gasteiger partial charge in [0, 0.05) is 41.5 Å². The second kappa shape index (κ2) is 9.66. The molecule has 4 nitrogen and oxygen atoms in total. The van der Waals surface area contributed by atoms with Crippen LogP contribution in [0.5, 0.6) is 0 Å². The van der Waals surface area contributed by atoms with Crippen molar-refractivity contribution in [1.82, 2.24) is 9.80 Å². The number of halogens is 1. The molecule has 2 amide bonds. The normalized spacial score (nSPS) is 17.9.